The third kappa shape index (κ3) is 4.23. The maximum absolute atomic E-state index is 12.8. The van der Waals surface area contributed by atoms with E-state index in [0.717, 1.165) is 16.5 Å². The minimum atomic E-state index is -0.635. The predicted octanol–water partition coefficient (Wildman–Crippen LogP) is 3.48. The molecule has 1 aliphatic heterocycles. The number of carbonyl (C=O) groups is 2. The molecule has 7 heteroatoms. The number of amides is 3. The molecular formula is C19H20N4O2S. The quantitative estimate of drug-likeness (QED) is 0.866. The van der Waals surface area contributed by atoms with E-state index in [9.17, 15) is 9.59 Å². The molecule has 1 atom stereocenters. The number of anilines is 1. The molecule has 1 aliphatic rings. The van der Waals surface area contributed by atoms with Crippen LogP contribution in [0, 0.1) is 0 Å². The number of thioether (sulfide) groups is 1. The van der Waals surface area contributed by atoms with Crippen LogP contribution >= 0.6 is 11.8 Å². The first kappa shape index (κ1) is 18.0. The molecule has 3 amide bonds. The van der Waals surface area contributed by atoms with Crippen LogP contribution in [0.2, 0.25) is 0 Å². The second-order valence-corrected chi connectivity index (χ2v) is 6.93. The van der Waals surface area contributed by atoms with Gasteiger partial charge in [-0.1, -0.05) is 42.1 Å². The lowest BCUT2D eigenvalue weighted by Gasteiger charge is -2.18. The summed E-state index contributed by atoms with van der Waals surface area (Å²) in [5.74, 6) is 0.729. The molecule has 1 saturated heterocycles. The van der Waals surface area contributed by atoms with Crippen molar-refractivity contribution in [2.45, 2.75) is 13.0 Å². The summed E-state index contributed by atoms with van der Waals surface area (Å²) in [5, 5.41) is 3.22. The van der Waals surface area contributed by atoms with Crippen molar-refractivity contribution in [3.05, 3.63) is 65.7 Å². The van der Waals surface area contributed by atoms with Gasteiger partial charge in [0.05, 0.1) is 6.04 Å². The SMILES string of the molecule is C[C@@H](N=C1SCCN1C(=O)c1ccc(NC(N)=O)cc1)c1ccccc1. The van der Waals surface area contributed by atoms with Crippen molar-refractivity contribution >= 4 is 34.6 Å². The number of rotatable bonds is 4. The number of carbonyl (C=O) groups excluding carboxylic acids is 2. The van der Waals surface area contributed by atoms with Crippen molar-refractivity contribution in [3.63, 3.8) is 0 Å². The number of nitrogens with one attached hydrogen (secondary N) is 1. The van der Waals surface area contributed by atoms with Crippen LogP contribution < -0.4 is 11.1 Å². The van der Waals surface area contributed by atoms with Crippen molar-refractivity contribution < 1.29 is 9.59 Å². The van der Waals surface area contributed by atoms with Gasteiger partial charge in [0, 0.05) is 23.5 Å². The van der Waals surface area contributed by atoms with Gasteiger partial charge in [0.2, 0.25) is 0 Å². The summed E-state index contributed by atoms with van der Waals surface area (Å²) >= 11 is 1.59. The normalized spacial score (nSPS) is 16.5. The number of hydrogen-bond donors (Lipinski definition) is 2. The number of benzene rings is 2. The Morgan fingerprint density at radius 1 is 1.15 bits per heavy atom. The number of aliphatic imine (C=N–C) groups is 1. The van der Waals surface area contributed by atoms with Crippen LogP contribution in [0.5, 0.6) is 0 Å². The molecule has 6 nitrogen and oxygen atoms in total. The molecule has 0 spiro atoms. The van der Waals surface area contributed by atoms with Crippen LogP contribution in [0.25, 0.3) is 0 Å². The van der Waals surface area contributed by atoms with Gasteiger partial charge in [-0.2, -0.15) is 0 Å². The van der Waals surface area contributed by atoms with E-state index >= 15 is 0 Å². The molecule has 3 rings (SSSR count). The van der Waals surface area contributed by atoms with Gasteiger partial charge in [0.15, 0.2) is 5.17 Å². The lowest BCUT2D eigenvalue weighted by molar-refractivity contribution is 0.0859. The van der Waals surface area contributed by atoms with Crippen LogP contribution in [-0.4, -0.2) is 34.3 Å². The highest BCUT2D eigenvalue weighted by molar-refractivity contribution is 8.14. The van der Waals surface area contributed by atoms with Gasteiger partial charge in [-0.25, -0.2) is 4.79 Å². The van der Waals surface area contributed by atoms with E-state index in [0.29, 0.717) is 17.8 Å². The molecule has 2 aromatic rings. The van der Waals surface area contributed by atoms with Crippen molar-refractivity contribution in [2.24, 2.45) is 10.7 Å². The highest BCUT2D eigenvalue weighted by atomic mass is 32.2. The zero-order chi connectivity index (χ0) is 18.5. The van der Waals surface area contributed by atoms with E-state index in [-0.39, 0.29) is 11.9 Å². The molecule has 1 heterocycles. The largest absolute Gasteiger partial charge is 0.351 e. The Balaban J connectivity index is 1.76. The molecule has 2 aromatic carbocycles. The van der Waals surface area contributed by atoms with Gasteiger partial charge in [0.25, 0.3) is 5.91 Å². The van der Waals surface area contributed by atoms with Crippen LogP contribution in [-0.2, 0) is 0 Å². The number of amidine groups is 1. The predicted molar refractivity (Wildman–Crippen MR) is 105 cm³/mol. The van der Waals surface area contributed by atoms with Gasteiger partial charge in [0.1, 0.15) is 0 Å². The fourth-order valence-corrected chi connectivity index (χ4v) is 3.68. The lowest BCUT2D eigenvalue weighted by Crippen LogP contribution is -2.32. The maximum Gasteiger partial charge on any atom is 0.316 e. The summed E-state index contributed by atoms with van der Waals surface area (Å²) in [6.45, 7) is 2.65. The van der Waals surface area contributed by atoms with Crippen LogP contribution in [0.4, 0.5) is 10.5 Å². The Labute approximate surface area is 156 Å². The van der Waals surface area contributed by atoms with Gasteiger partial charge in [-0.3, -0.25) is 14.7 Å². The Bertz CT molecular complexity index is 821. The third-order valence-corrected chi connectivity index (χ3v) is 4.98. The Morgan fingerprint density at radius 2 is 1.85 bits per heavy atom. The summed E-state index contributed by atoms with van der Waals surface area (Å²) in [6, 6.07) is 16.0. The smallest absolute Gasteiger partial charge is 0.316 e. The van der Waals surface area contributed by atoms with Crippen molar-refractivity contribution in [2.75, 3.05) is 17.6 Å². The second-order valence-electron chi connectivity index (χ2n) is 5.87. The summed E-state index contributed by atoms with van der Waals surface area (Å²) in [5.41, 5.74) is 7.30. The molecule has 0 radical (unpaired) electrons. The summed E-state index contributed by atoms with van der Waals surface area (Å²) in [4.78, 5) is 30.2. The van der Waals surface area contributed by atoms with E-state index < -0.39 is 6.03 Å². The Morgan fingerprint density at radius 3 is 2.50 bits per heavy atom. The van der Waals surface area contributed by atoms with Gasteiger partial charge < -0.3 is 11.1 Å². The van der Waals surface area contributed by atoms with Crippen molar-refractivity contribution in [1.29, 1.82) is 0 Å². The maximum atomic E-state index is 12.8. The van der Waals surface area contributed by atoms with Crippen LogP contribution in [0.3, 0.4) is 0 Å². The number of primary amides is 1. The van der Waals surface area contributed by atoms with Crippen LogP contribution in [0.1, 0.15) is 28.9 Å². The van der Waals surface area contributed by atoms with Gasteiger partial charge in [-0.15, -0.1) is 0 Å². The monoisotopic (exact) mass is 368 g/mol. The zero-order valence-electron chi connectivity index (χ0n) is 14.4. The van der Waals surface area contributed by atoms with Crippen LogP contribution in [0.15, 0.2) is 59.6 Å². The van der Waals surface area contributed by atoms with Gasteiger partial charge in [-0.05, 0) is 36.8 Å². The molecule has 0 aromatic heterocycles. The minimum absolute atomic E-state index is 0.0192. The average molecular weight is 368 g/mol. The molecule has 0 aliphatic carbocycles. The first-order valence-corrected chi connectivity index (χ1v) is 9.27. The standard InChI is InChI=1S/C19H20N4O2S/c1-13(14-5-3-2-4-6-14)21-19-23(11-12-26-19)17(24)15-7-9-16(10-8-15)22-18(20)25/h2-10,13H,11-12H2,1H3,(H3,20,22,25)/t13-/m1/s1. The first-order chi connectivity index (χ1) is 12.5. The molecular weight excluding hydrogens is 348 g/mol. The molecule has 1 fully saturated rings. The first-order valence-electron chi connectivity index (χ1n) is 8.28. The fourth-order valence-electron chi connectivity index (χ4n) is 2.66. The summed E-state index contributed by atoms with van der Waals surface area (Å²) in [6.07, 6.45) is 0. The van der Waals surface area contributed by atoms with Crippen molar-refractivity contribution in [1.82, 2.24) is 4.90 Å². The van der Waals surface area contributed by atoms with E-state index in [2.05, 4.69) is 5.32 Å². The van der Waals surface area contributed by atoms with E-state index in [1.165, 1.54) is 0 Å². The molecule has 26 heavy (non-hydrogen) atoms. The summed E-state index contributed by atoms with van der Waals surface area (Å²) < 4.78 is 0. The molecule has 134 valence electrons. The third-order valence-electron chi connectivity index (χ3n) is 4.01. The van der Waals surface area contributed by atoms with Gasteiger partial charge >= 0.3 is 6.03 Å². The molecule has 0 unspecified atom stereocenters. The average Bonchev–Trinajstić information content (AvgIpc) is 3.10. The Kier molecular flexibility index (Phi) is 5.58. The van der Waals surface area contributed by atoms with E-state index in [4.69, 9.17) is 10.7 Å². The number of nitrogens with zero attached hydrogens (tertiary/aromatic N) is 2. The summed E-state index contributed by atoms with van der Waals surface area (Å²) in [7, 11) is 0. The lowest BCUT2D eigenvalue weighted by atomic mass is 10.1. The topological polar surface area (TPSA) is 87.8 Å². The highest BCUT2D eigenvalue weighted by Gasteiger charge is 2.27. The zero-order valence-corrected chi connectivity index (χ0v) is 15.2. The minimum Gasteiger partial charge on any atom is -0.351 e. The second kappa shape index (κ2) is 8.05. The molecule has 0 saturated carbocycles. The number of nitrogens with two attached hydrogens (primary N) is 1. The highest BCUT2D eigenvalue weighted by Crippen LogP contribution is 2.25. The van der Waals surface area contributed by atoms with Crippen molar-refractivity contribution in [3.8, 4) is 0 Å². The number of hydrogen-bond acceptors (Lipinski definition) is 4. The number of urea groups is 1. The fraction of sp³-hybridized carbons (Fsp3) is 0.211. The molecule has 0 bridgehead atoms. The van der Waals surface area contributed by atoms with E-state index in [1.807, 2.05) is 37.3 Å². The Hall–Kier alpha value is -2.80. The molecule has 3 N–H and O–H groups in total. The van der Waals surface area contributed by atoms with E-state index in [1.54, 1.807) is 40.9 Å².